The lowest BCUT2D eigenvalue weighted by atomic mass is 10.1. The summed E-state index contributed by atoms with van der Waals surface area (Å²) in [4.78, 5) is 12.1. The Bertz CT molecular complexity index is 561. The van der Waals surface area contributed by atoms with Crippen molar-refractivity contribution >= 4 is 21.4 Å². The molecule has 1 aliphatic rings. The summed E-state index contributed by atoms with van der Waals surface area (Å²) in [5.74, 6) is -0.140. The van der Waals surface area contributed by atoms with Gasteiger partial charge in [0.25, 0.3) is 5.91 Å². The molecule has 0 aromatic heterocycles. The molecule has 0 saturated carbocycles. The van der Waals surface area contributed by atoms with Gasteiger partial charge < -0.3 is 11.1 Å². The molecule has 0 bridgehead atoms. The maximum atomic E-state index is 12.1. The van der Waals surface area contributed by atoms with Crippen LogP contribution in [0.1, 0.15) is 22.3 Å². The molecule has 18 heavy (non-hydrogen) atoms. The zero-order valence-corrected chi connectivity index (χ0v) is 11.0. The first-order valence-corrected chi connectivity index (χ1v) is 7.57. The van der Waals surface area contributed by atoms with E-state index < -0.39 is 9.84 Å². The van der Waals surface area contributed by atoms with E-state index in [1.807, 2.05) is 0 Å². The number of carbonyl (C=O) groups is 1. The van der Waals surface area contributed by atoms with Crippen LogP contribution in [0.5, 0.6) is 0 Å². The quantitative estimate of drug-likeness (QED) is 0.764. The number of amides is 1. The van der Waals surface area contributed by atoms with Crippen LogP contribution in [0.15, 0.2) is 18.2 Å². The van der Waals surface area contributed by atoms with E-state index in [0.29, 0.717) is 17.7 Å². The first-order valence-electron chi connectivity index (χ1n) is 5.75. The third-order valence-corrected chi connectivity index (χ3v) is 4.87. The predicted molar refractivity (Wildman–Crippen MR) is 70.1 cm³/mol. The van der Waals surface area contributed by atoms with E-state index in [1.54, 1.807) is 25.1 Å². The highest BCUT2D eigenvalue weighted by Crippen LogP contribution is 2.18. The normalized spacial score (nSPS) is 21.7. The second-order valence-electron chi connectivity index (χ2n) is 4.61. The first kappa shape index (κ1) is 12.9. The van der Waals surface area contributed by atoms with E-state index in [0.717, 1.165) is 5.56 Å². The van der Waals surface area contributed by atoms with E-state index >= 15 is 0 Å². The van der Waals surface area contributed by atoms with Crippen LogP contribution in [0.4, 0.5) is 5.69 Å². The summed E-state index contributed by atoms with van der Waals surface area (Å²) >= 11 is 0. The van der Waals surface area contributed by atoms with E-state index in [-0.39, 0.29) is 23.5 Å². The van der Waals surface area contributed by atoms with Crippen molar-refractivity contribution < 1.29 is 13.2 Å². The SMILES string of the molecule is Cc1cccc(N)c1C(=O)NC1CCS(=O)(=O)C1. The minimum Gasteiger partial charge on any atom is -0.398 e. The summed E-state index contributed by atoms with van der Waals surface area (Å²) in [6, 6.07) is 4.94. The van der Waals surface area contributed by atoms with Crippen LogP contribution in [0, 0.1) is 6.92 Å². The van der Waals surface area contributed by atoms with Crippen LogP contribution in [-0.4, -0.2) is 31.9 Å². The van der Waals surface area contributed by atoms with Crippen molar-refractivity contribution in [2.75, 3.05) is 17.2 Å². The Morgan fingerprint density at radius 3 is 2.72 bits per heavy atom. The Morgan fingerprint density at radius 2 is 2.17 bits per heavy atom. The molecular formula is C12H16N2O3S. The first-order chi connectivity index (χ1) is 8.39. The molecule has 6 heteroatoms. The molecule has 3 N–H and O–H groups in total. The number of sulfone groups is 1. The number of rotatable bonds is 2. The molecule has 1 heterocycles. The molecule has 1 amide bonds. The maximum absolute atomic E-state index is 12.1. The molecule has 1 atom stereocenters. The smallest absolute Gasteiger partial charge is 0.253 e. The molecule has 1 saturated heterocycles. The summed E-state index contributed by atoms with van der Waals surface area (Å²) in [7, 11) is -2.99. The van der Waals surface area contributed by atoms with Gasteiger partial charge in [0.05, 0.1) is 17.1 Å². The van der Waals surface area contributed by atoms with Gasteiger partial charge in [-0.05, 0) is 25.0 Å². The average Bonchev–Trinajstić information content (AvgIpc) is 2.57. The lowest BCUT2D eigenvalue weighted by Gasteiger charge is -2.13. The minimum absolute atomic E-state index is 0.0184. The van der Waals surface area contributed by atoms with E-state index in [4.69, 9.17) is 5.73 Å². The Hall–Kier alpha value is -1.56. The molecule has 5 nitrogen and oxygen atoms in total. The fourth-order valence-corrected chi connectivity index (χ4v) is 3.84. The second-order valence-corrected chi connectivity index (χ2v) is 6.84. The molecule has 1 fully saturated rings. The van der Waals surface area contributed by atoms with Crippen molar-refractivity contribution in [2.24, 2.45) is 0 Å². The standard InChI is InChI=1S/C12H16N2O3S/c1-8-3-2-4-10(13)11(8)12(15)14-9-5-6-18(16,17)7-9/h2-4,9H,5-7,13H2,1H3,(H,14,15). The third-order valence-electron chi connectivity index (χ3n) is 3.10. The van der Waals surface area contributed by atoms with Gasteiger partial charge in [0.1, 0.15) is 0 Å². The summed E-state index contributed by atoms with van der Waals surface area (Å²) < 4.78 is 22.6. The lowest BCUT2D eigenvalue weighted by Crippen LogP contribution is -2.36. The van der Waals surface area contributed by atoms with Crippen LogP contribution < -0.4 is 11.1 Å². The number of hydrogen-bond acceptors (Lipinski definition) is 4. The van der Waals surface area contributed by atoms with Gasteiger partial charge in [0.2, 0.25) is 0 Å². The van der Waals surface area contributed by atoms with E-state index in [9.17, 15) is 13.2 Å². The maximum Gasteiger partial charge on any atom is 0.253 e. The fraction of sp³-hybridized carbons (Fsp3) is 0.417. The van der Waals surface area contributed by atoms with Crippen molar-refractivity contribution in [3.63, 3.8) is 0 Å². The van der Waals surface area contributed by atoms with Gasteiger partial charge in [0, 0.05) is 11.7 Å². The van der Waals surface area contributed by atoms with Gasteiger partial charge in [-0.15, -0.1) is 0 Å². The molecule has 0 radical (unpaired) electrons. The number of hydrogen-bond donors (Lipinski definition) is 2. The molecule has 0 spiro atoms. The largest absolute Gasteiger partial charge is 0.398 e. The monoisotopic (exact) mass is 268 g/mol. The summed E-state index contributed by atoms with van der Waals surface area (Å²) in [5.41, 5.74) is 7.40. The van der Waals surface area contributed by atoms with Gasteiger partial charge in [0.15, 0.2) is 9.84 Å². The van der Waals surface area contributed by atoms with Crippen molar-refractivity contribution in [3.05, 3.63) is 29.3 Å². The zero-order chi connectivity index (χ0) is 13.3. The second kappa shape index (κ2) is 4.61. The summed E-state index contributed by atoms with van der Waals surface area (Å²) in [6.07, 6.45) is 0.472. The number of nitrogen functional groups attached to an aromatic ring is 1. The number of nitrogens with two attached hydrogens (primary N) is 1. The number of benzene rings is 1. The topological polar surface area (TPSA) is 89.3 Å². The van der Waals surface area contributed by atoms with Crippen molar-refractivity contribution in [2.45, 2.75) is 19.4 Å². The van der Waals surface area contributed by atoms with Crippen LogP contribution in [0.2, 0.25) is 0 Å². The molecule has 98 valence electrons. The van der Waals surface area contributed by atoms with E-state index in [2.05, 4.69) is 5.32 Å². The highest BCUT2D eigenvalue weighted by molar-refractivity contribution is 7.91. The number of nitrogens with one attached hydrogen (secondary N) is 1. The van der Waals surface area contributed by atoms with Crippen LogP contribution in [0.3, 0.4) is 0 Å². The van der Waals surface area contributed by atoms with Crippen molar-refractivity contribution in [3.8, 4) is 0 Å². The summed E-state index contributed by atoms with van der Waals surface area (Å²) in [6.45, 7) is 1.80. The molecule has 1 aromatic rings. The van der Waals surface area contributed by atoms with Gasteiger partial charge in [-0.2, -0.15) is 0 Å². The Kier molecular flexibility index (Phi) is 3.30. The highest BCUT2D eigenvalue weighted by Gasteiger charge is 2.29. The minimum atomic E-state index is -2.99. The fourth-order valence-electron chi connectivity index (χ4n) is 2.17. The lowest BCUT2D eigenvalue weighted by molar-refractivity contribution is 0.0941. The van der Waals surface area contributed by atoms with Gasteiger partial charge in [-0.1, -0.05) is 12.1 Å². The Labute approximate surface area is 106 Å². The molecule has 1 aliphatic heterocycles. The molecule has 1 aromatic carbocycles. The number of anilines is 1. The number of aryl methyl sites for hydroxylation is 1. The molecule has 0 aliphatic carbocycles. The van der Waals surface area contributed by atoms with Gasteiger partial charge in [-0.25, -0.2) is 8.42 Å². The van der Waals surface area contributed by atoms with Crippen LogP contribution in [-0.2, 0) is 9.84 Å². The van der Waals surface area contributed by atoms with Crippen molar-refractivity contribution in [1.29, 1.82) is 0 Å². The average molecular weight is 268 g/mol. The van der Waals surface area contributed by atoms with E-state index in [1.165, 1.54) is 0 Å². The zero-order valence-electron chi connectivity index (χ0n) is 10.1. The molecular weight excluding hydrogens is 252 g/mol. The third kappa shape index (κ3) is 2.64. The van der Waals surface area contributed by atoms with Crippen LogP contribution in [0.25, 0.3) is 0 Å². The van der Waals surface area contributed by atoms with Crippen LogP contribution >= 0.6 is 0 Å². The van der Waals surface area contributed by atoms with Crippen molar-refractivity contribution in [1.82, 2.24) is 5.32 Å². The molecule has 1 unspecified atom stereocenters. The highest BCUT2D eigenvalue weighted by atomic mass is 32.2. The van der Waals surface area contributed by atoms with Gasteiger partial charge >= 0.3 is 0 Å². The predicted octanol–water partition coefficient (Wildman–Crippen LogP) is 0.494. The van der Waals surface area contributed by atoms with Gasteiger partial charge in [-0.3, -0.25) is 4.79 Å². The Morgan fingerprint density at radius 1 is 1.44 bits per heavy atom. The number of carbonyl (C=O) groups excluding carboxylic acids is 1. The summed E-state index contributed by atoms with van der Waals surface area (Å²) in [5, 5.41) is 2.73. The molecule has 2 rings (SSSR count). The Balaban J connectivity index is 2.14.